The first-order valence-corrected chi connectivity index (χ1v) is 8.91. The van der Waals surface area contributed by atoms with E-state index in [2.05, 4.69) is 15.3 Å². The van der Waals surface area contributed by atoms with E-state index in [1.54, 1.807) is 0 Å². The zero-order valence-electron chi connectivity index (χ0n) is 15.5. The molecule has 7 nitrogen and oxygen atoms in total. The Hall–Kier alpha value is -2.80. The van der Waals surface area contributed by atoms with Gasteiger partial charge in [0.1, 0.15) is 11.1 Å². The second kappa shape index (κ2) is 7.44. The highest BCUT2D eigenvalue weighted by atomic mass is 35.5. The number of aromatic nitrogens is 3. The molecule has 0 fully saturated rings. The van der Waals surface area contributed by atoms with Crippen molar-refractivity contribution in [2.45, 2.75) is 39.5 Å². The van der Waals surface area contributed by atoms with E-state index in [0.717, 1.165) is 16.6 Å². The molecule has 0 aliphatic rings. The summed E-state index contributed by atoms with van der Waals surface area (Å²) in [6, 6.07) is 9.80. The lowest BCUT2D eigenvalue weighted by Gasteiger charge is -2.19. The largest absolute Gasteiger partial charge is 0.444 e. The first-order valence-electron chi connectivity index (χ1n) is 8.54. The number of nitrogens with two attached hydrogens (primary N) is 1. The number of alkyl carbamates (subject to hydrolysis) is 1. The lowest BCUT2D eigenvalue weighted by atomic mass is 10.1. The number of fused-ring (bicyclic) bond motifs is 1. The van der Waals surface area contributed by atoms with E-state index in [1.807, 2.05) is 61.9 Å². The highest BCUT2D eigenvalue weighted by Crippen LogP contribution is 2.23. The third-order valence-corrected chi connectivity index (χ3v) is 4.06. The predicted octanol–water partition coefficient (Wildman–Crippen LogP) is 3.74. The fraction of sp³-hybridized carbons (Fsp3) is 0.316. The Morgan fingerprint density at radius 1 is 1.19 bits per heavy atom. The van der Waals surface area contributed by atoms with E-state index >= 15 is 0 Å². The quantitative estimate of drug-likeness (QED) is 0.665. The number of halogens is 1. The van der Waals surface area contributed by atoms with Crippen LogP contribution in [0.3, 0.4) is 0 Å². The van der Waals surface area contributed by atoms with Gasteiger partial charge in [0.2, 0.25) is 5.95 Å². The molecular formula is C19H22ClN5O2. The molecular weight excluding hydrogens is 366 g/mol. The van der Waals surface area contributed by atoms with Gasteiger partial charge in [0.05, 0.1) is 5.52 Å². The summed E-state index contributed by atoms with van der Waals surface area (Å²) in [7, 11) is 0. The molecule has 2 aromatic heterocycles. The number of anilines is 1. The fourth-order valence-electron chi connectivity index (χ4n) is 2.66. The number of hydrogen-bond acceptors (Lipinski definition) is 5. The van der Waals surface area contributed by atoms with Crippen molar-refractivity contribution in [2.24, 2.45) is 0 Å². The summed E-state index contributed by atoms with van der Waals surface area (Å²) in [6.45, 7) is 6.52. The van der Waals surface area contributed by atoms with Crippen LogP contribution in [0.1, 0.15) is 31.9 Å². The van der Waals surface area contributed by atoms with Crippen LogP contribution in [0.4, 0.5) is 10.7 Å². The second-order valence-electron chi connectivity index (χ2n) is 7.22. The van der Waals surface area contributed by atoms with Crippen molar-refractivity contribution in [3.05, 3.63) is 52.8 Å². The Bertz CT molecular complexity index is 961. The minimum absolute atomic E-state index is 0.159. The summed E-state index contributed by atoms with van der Waals surface area (Å²) in [5.74, 6) is 0.159. The number of amides is 1. The first-order chi connectivity index (χ1) is 12.7. The van der Waals surface area contributed by atoms with Gasteiger partial charge in [-0.3, -0.25) is 0 Å². The number of rotatable bonds is 4. The van der Waals surface area contributed by atoms with Crippen LogP contribution in [0.25, 0.3) is 11.0 Å². The summed E-state index contributed by atoms with van der Waals surface area (Å²) in [4.78, 5) is 19.9. The maximum atomic E-state index is 11.7. The van der Waals surface area contributed by atoms with E-state index in [0.29, 0.717) is 23.8 Å². The molecule has 0 aliphatic carbocycles. The van der Waals surface area contributed by atoms with Crippen LogP contribution in [0.15, 0.2) is 36.5 Å². The van der Waals surface area contributed by atoms with Crippen molar-refractivity contribution in [3.63, 3.8) is 0 Å². The summed E-state index contributed by atoms with van der Waals surface area (Å²) < 4.78 is 7.20. The number of nitrogens with one attached hydrogen (secondary N) is 1. The number of ether oxygens (including phenoxy) is 1. The van der Waals surface area contributed by atoms with Gasteiger partial charge in [0, 0.05) is 19.3 Å². The van der Waals surface area contributed by atoms with E-state index in [9.17, 15) is 4.79 Å². The van der Waals surface area contributed by atoms with Crippen LogP contribution >= 0.6 is 11.6 Å². The average molecular weight is 388 g/mol. The van der Waals surface area contributed by atoms with E-state index in [-0.39, 0.29) is 5.95 Å². The van der Waals surface area contributed by atoms with Crippen molar-refractivity contribution in [2.75, 3.05) is 5.73 Å². The SMILES string of the molecule is CC(C)(C)OC(=O)NCc1ccc(Cn2ccc3nc(N)nc(Cl)c32)cc1. The van der Waals surface area contributed by atoms with Crippen LogP contribution in [0, 0.1) is 0 Å². The van der Waals surface area contributed by atoms with Gasteiger partial charge in [-0.25, -0.2) is 9.78 Å². The molecule has 2 heterocycles. The second-order valence-corrected chi connectivity index (χ2v) is 7.58. The summed E-state index contributed by atoms with van der Waals surface area (Å²) >= 11 is 6.21. The van der Waals surface area contributed by atoms with E-state index < -0.39 is 11.7 Å². The van der Waals surface area contributed by atoms with Crippen molar-refractivity contribution in [1.29, 1.82) is 0 Å². The van der Waals surface area contributed by atoms with Gasteiger partial charge in [0.25, 0.3) is 0 Å². The molecule has 8 heteroatoms. The lowest BCUT2D eigenvalue weighted by Crippen LogP contribution is -2.32. The average Bonchev–Trinajstić information content (AvgIpc) is 2.95. The van der Waals surface area contributed by atoms with Crippen LogP contribution in [0.2, 0.25) is 5.15 Å². The van der Waals surface area contributed by atoms with Crippen molar-refractivity contribution in [3.8, 4) is 0 Å². The van der Waals surface area contributed by atoms with Gasteiger partial charge >= 0.3 is 6.09 Å². The van der Waals surface area contributed by atoms with Crippen LogP contribution in [-0.2, 0) is 17.8 Å². The number of carbonyl (C=O) groups is 1. The van der Waals surface area contributed by atoms with Gasteiger partial charge in [-0.1, -0.05) is 35.9 Å². The molecule has 142 valence electrons. The molecule has 0 spiro atoms. The number of benzene rings is 1. The van der Waals surface area contributed by atoms with Gasteiger partial charge < -0.3 is 20.4 Å². The highest BCUT2D eigenvalue weighted by Gasteiger charge is 2.15. The molecule has 0 radical (unpaired) electrons. The third kappa shape index (κ3) is 4.89. The van der Waals surface area contributed by atoms with Crippen LogP contribution < -0.4 is 11.1 Å². The van der Waals surface area contributed by atoms with E-state index in [1.165, 1.54) is 0 Å². The summed E-state index contributed by atoms with van der Waals surface area (Å²) in [6.07, 6.45) is 1.47. The minimum atomic E-state index is -0.511. The molecule has 0 unspecified atom stereocenters. The van der Waals surface area contributed by atoms with Crippen LogP contribution in [-0.4, -0.2) is 26.2 Å². The summed E-state index contributed by atoms with van der Waals surface area (Å²) in [5.41, 5.74) is 8.65. The molecule has 3 aromatic rings. The van der Waals surface area contributed by atoms with Crippen molar-refractivity contribution in [1.82, 2.24) is 19.9 Å². The molecule has 1 amide bonds. The van der Waals surface area contributed by atoms with Crippen LogP contribution in [0.5, 0.6) is 0 Å². The Balaban J connectivity index is 1.65. The molecule has 0 aliphatic heterocycles. The molecule has 1 aromatic carbocycles. The number of carbonyl (C=O) groups excluding carboxylic acids is 1. The van der Waals surface area contributed by atoms with Crippen molar-refractivity contribution < 1.29 is 9.53 Å². The predicted molar refractivity (Wildman–Crippen MR) is 106 cm³/mol. The molecule has 0 bridgehead atoms. The van der Waals surface area contributed by atoms with Gasteiger partial charge in [-0.2, -0.15) is 4.98 Å². The maximum absolute atomic E-state index is 11.7. The number of nitrogens with zero attached hydrogens (tertiary/aromatic N) is 3. The Labute approximate surface area is 162 Å². The standard InChI is InChI=1S/C19H22ClN5O2/c1-19(2,3)27-18(26)22-10-12-4-6-13(7-5-12)11-25-9-8-14-15(25)16(20)24-17(21)23-14/h4-9H,10-11H2,1-3H3,(H,22,26)(H2,21,23,24). The number of hydrogen-bond donors (Lipinski definition) is 2. The molecule has 0 saturated heterocycles. The smallest absolute Gasteiger partial charge is 0.407 e. The summed E-state index contributed by atoms with van der Waals surface area (Å²) in [5, 5.41) is 3.08. The minimum Gasteiger partial charge on any atom is -0.444 e. The Morgan fingerprint density at radius 2 is 1.85 bits per heavy atom. The Kier molecular flexibility index (Phi) is 5.23. The van der Waals surface area contributed by atoms with E-state index in [4.69, 9.17) is 22.1 Å². The zero-order chi connectivity index (χ0) is 19.6. The monoisotopic (exact) mass is 387 g/mol. The van der Waals surface area contributed by atoms with Crippen molar-refractivity contribution >= 4 is 34.7 Å². The number of nitrogen functional groups attached to an aromatic ring is 1. The molecule has 0 atom stereocenters. The lowest BCUT2D eigenvalue weighted by molar-refractivity contribution is 0.0523. The van der Waals surface area contributed by atoms with Gasteiger partial charge in [0.15, 0.2) is 5.15 Å². The topological polar surface area (TPSA) is 95.1 Å². The highest BCUT2D eigenvalue weighted by molar-refractivity contribution is 6.33. The molecule has 3 rings (SSSR count). The van der Waals surface area contributed by atoms with Gasteiger partial charge in [-0.15, -0.1) is 0 Å². The van der Waals surface area contributed by atoms with Gasteiger partial charge in [-0.05, 0) is 38.0 Å². The first kappa shape index (κ1) is 19.0. The normalized spacial score (nSPS) is 11.6. The Morgan fingerprint density at radius 3 is 2.52 bits per heavy atom. The zero-order valence-corrected chi connectivity index (χ0v) is 16.2. The molecule has 0 saturated carbocycles. The molecule has 27 heavy (non-hydrogen) atoms. The molecule has 3 N–H and O–H groups in total. The third-order valence-electron chi connectivity index (χ3n) is 3.80. The fourth-order valence-corrected chi connectivity index (χ4v) is 2.95. The maximum Gasteiger partial charge on any atom is 0.407 e.